The first-order chi connectivity index (χ1) is 19.4. The van der Waals surface area contributed by atoms with Crippen LogP contribution in [0.5, 0.6) is 5.75 Å². The lowest BCUT2D eigenvalue weighted by molar-refractivity contribution is 0.0157. The maximum Gasteiger partial charge on any atom is 0.335 e. The number of rotatable bonds is 9. The van der Waals surface area contributed by atoms with Crippen LogP contribution in [0.1, 0.15) is 66.6 Å². The fraction of sp³-hybridized carbons (Fsp3) is 0.414. The maximum absolute atomic E-state index is 11.6. The quantitative estimate of drug-likeness (QED) is 0.207. The molecule has 0 radical (unpaired) electrons. The predicted molar refractivity (Wildman–Crippen MR) is 156 cm³/mol. The Kier molecular flexibility index (Phi) is 7.65. The molecule has 2 aliphatic rings. The molecule has 4 aromatic rings. The van der Waals surface area contributed by atoms with E-state index in [0.29, 0.717) is 45.1 Å². The molecule has 1 N–H and O–H groups in total. The van der Waals surface area contributed by atoms with Crippen molar-refractivity contribution in [2.24, 2.45) is 0 Å². The number of methoxy groups -OCH3 is 1. The van der Waals surface area contributed by atoms with Gasteiger partial charge in [-0.05, 0) is 56.4 Å². The smallest absolute Gasteiger partial charge is 0.335 e. The van der Waals surface area contributed by atoms with Crippen molar-refractivity contribution in [1.29, 1.82) is 0 Å². The van der Waals surface area contributed by atoms with Gasteiger partial charge < -0.3 is 24.0 Å². The number of carboxylic acids is 1. The van der Waals surface area contributed by atoms with E-state index < -0.39 is 5.97 Å². The minimum absolute atomic E-state index is 0.0558. The van der Waals surface area contributed by atoms with Gasteiger partial charge >= 0.3 is 5.97 Å². The Morgan fingerprint density at radius 2 is 2.00 bits per heavy atom. The van der Waals surface area contributed by atoms with Crippen molar-refractivity contribution >= 4 is 55.9 Å². The molecule has 2 aromatic carbocycles. The fourth-order valence-corrected chi connectivity index (χ4v) is 7.14. The van der Waals surface area contributed by atoms with Gasteiger partial charge in [0, 0.05) is 29.6 Å². The number of anilines is 1. The average Bonchev–Trinajstić information content (AvgIpc) is 3.57. The van der Waals surface area contributed by atoms with Gasteiger partial charge in [0.25, 0.3) is 0 Å². The molecule has 1 saturated carbocycles. The monoisotopic (exact) mass is 601 g/mol. The SMILES string of the molecule is CC[C@@H]1C[C@H](OCc2c(-c3c(Cl)cccc3Cl)noc2C2CC2)CCN1c1nc2c(OC)cc(C(=O)O)cc2s1. The molecule has 210 valence electrons. The van der Waals surface area contributed by atoms with Crippen LogP contribution in [-0.2, 0) is 11.3 Å². The molecule has 0 amide bonds. The van der Waals surface area contributed by atoms with E-state index in [2.05, 4.69) is 17.0 Å². The Labute approximate surface area is 245 Å². The van der Waals surface area contributed by atoms with Crippen molar-refractivity contribution in [2.75, 3.05) is 18.6 Å². The highest BCUT2D eigenvalue weighted by Gasteiger charge is 2.35. The van der Waals surface area contributed by atoms with E-state index in [9.17, 15) is 9.90 Å². The molecule has 11 heteroatoms. The van der Waals surface area contributed by atoms with Gasteiger partial charge in [-0.2, -0.15) is 0 Å². The number of nitrogens with zero attached hydrogens (tertiary/aromatic N) is 3. The topological polar surface area (TPSA) is 97.9 Å². The van der Waals surface area contributed by atoms with E-state index in [4.69, 9.17) is 42.2 Å². The van der Waals surface area contributed by atoms with Crippen LogP contribution in [-0.4, -0.2) is 47.0 Å². The molecule has 2 fully saturated rings. The van der Waals surface area contributed by atoms with Gasteiger partial charge in [-0.1, -0.05) is 52.7 Å². The zero-order valence-corrected chi connectivity index (χ0v) is 24.5. The zero-order valence-electron chi connectivity index (χ0n) is 22.2. The molecule has 0 spiro atoms. The van der Waals surface area contributed by atoms with Crippen LogP contribution in [0.25, 0.3) is 21.5 Å². The van der Waals surface area contributed by atoms with Crippen molar-refractivity contribution in [2.45, 2.75) is 63.7 Å². The summed E-state index contributed by atoms with van der Waals surface area (Å²) in [5.41, 5.74) is 3.15. The van der Waals surface area contributed by atoms with Crippen molar-refractivity contribution in [1.82, 2.24) is 10.1 Å². The maximum atomic E-state index is 11.6. The lowest BCUT2D eigenvalue weighted by Gasteiger charge is -2.39. The van der Waals surface area contributed by atoms with Gasteiger partial charge in [-0.3, -0.25) is 0 Å². The van der Waals surface area contributed by atoms with Gasteiger partial charge in [-0.25, -0.2) is 9.78 Å². The van der Waals surface area contributed by atoms with Gasteiger partial charge in [-0.15, -0.1) is 0 Å². The van der Waals surface area contributed by atoms with Gasteiger partial charge in [0.1, 0.15) is 22.7 Å². The summed E-state index contributed by atoms with van der Waals surface area (Å²) in [6, 6.07) is 8.85. The first-order valence-electron chi connectivity index (χ1n) is 13.4. The molecule has 8 nitrogen and oxygen atoms in total. The van der Waals surface area contributed by atoms with Crippen LogP contribution < -0.4 is 9.64 Å². The Hall–Kier alpha value is -2.85. The largest absolute Gasteiger partial charge is 0.494 e. The molecular formula is C29H29Cl2N3O5S. The van der Waals surface area contributed by atoms with Crippen LogP contribution in [0, 0.1) is 0 Å². The molecule has 6 rings (SSSR count). The summed E-state index contributed by atoms with van der Waals surface area (Å²) < 4.78 is 18.6. The Bertz CT molecular complexity index is 1550. The molecule has 2 atom stereocenters. The molecule has 40 heavy (non-hydrogen) atoms. The molecule has 0 bridgehead atoms. The van der Waals surface area contributed by atoms with Crippen LogP contribution in [0.15, 0.2) is 34.9 Å². The molecule has 3 heterocycles. The predicted octanol–water partition coefficient (Wildman–Crippen LogP) is 7.81. The van der Waals surface area contributed by atoms with Crippen molar-refractivity contribution in [3.8, 4) is 17.0 Å². The van der Waals surface area contributed by atoms with Gasteiger partial charge in [0.15, 0.2) is 5.13 Å². The Morgan fingerprint density at radius 3 is 2.67 bits per heavy atom. The first kappa shape index (κ1) is 27.3. The number of ether oxygens (including phenoxy) is 2. The standard InChI is InChI=1S/C29H29Cl2N3O5S/c1-3-17-13-18(9-10-34(17)29-32-26-22(37-2)11-16(28(35)36)12-23(26)40-29)38-14-19-25(33-39-27(19)15-7-8-15)24-20(30)5-4-6-21(24)31/h4-6,11-12,15,17-18H,3,7-10,13-14H2,1-2H3,(H,35,36)/t17-,18-/m1/s1. The summed E-state index contributed by atoms with van der Waals surface area (Å²) in [5, 5.41) is 15.8. The molecule has 1 aliphatic heterocycles. The molecular weight excluding hydrogens is 573 g/mol. The summed E-state index contributed by atoms with van der Waals surface area (Å²) in [5.74, 6) is 0.721. The van der Waals surface area contributed by atoms with Crippen LogP contribution >= 0.6 is 34.5 Å². The molecule has 1 aliphatic carbocycles. The number of hydrogen-bond acceptors (Lipinski definition) is 8. The first-order valence-corrected chi connectivity index (χ1v) is 15.0. The third-order valence-electron chi connectivity index (χ3n) is 7.73. The van der Waals surface area contributed by atoms with Crippen LogP contribution in [0.4, 0.5) is 5.13 Å². The number of aromatic carboxylic acids is 1. The van der Waals surface area contributed by atoms with Crippen molar-refractivity contribution in [3.63, 3.8) is 0 Å². The number of benzene rings is 2. The van der Waals surface area contributed by atoms with E-state index >= 15 is 0 Å². The number of thiazole rings is 1. The summed E-state index contributed by atoms with van der Waals surface area (Å²) in [7, 11) is 1.53. The van der Waals surface area contributed by atoms with Gasteiger partial charge in [0.05, 0.1) is 40.1 Å². The summed E-state index contributed by atoms with van der Waals surface area (Å²) in [6.45, 7) is 3.32. The van der Waals surface area contributed by atoms with Crippen molar-refractivity contribution < 1.29 is 23.9 Å². The van der Waals surface area contributed by atoms with E-state index in [0.717, 1.165) is 59.8 Å². The third-order valence-corrected chi connectivity index (χ3v) is 9.40. The third kappa shape index (κ3) is 5.16. The minimum Gasteiger partial charge on any atom is -0.494 e. The second kappa shape index (κ2) is 11.2. The number of aromatic nitrogens is 2. The second-order valence-electron chi connectivity index (χ2n) is 10.3. The van der Waals surface area contributed by atoms with E-state index in [-0.39, 0.29) is 17.7 Å². The Balaban J connectivity index is 1.21. The summed E-state index contributed by atoms with van der Waals surface area (Å²) in [4.78, 5) is 18.8. The highest BCUT2D eigenvalue weighted by Crippen LogP contribution is 2.46. The molecule has 2 aromatic heterocycles. The number of piperidine rings is 1. The van der Waals surface area contributed by atoms with Crippen molar-refractivity contribution in [3.05, 3.63) is 57.3 Å². The van der Waals surface area contributed by atoms with E-state index in [1.165, 1.54) is 24.5 Å². The van der Waals surface area contributed by atoms with Crippen LogP contribution in [0.2, 0.25) is 10.0 Å². The normalized spacial score (nSPS) is 19.4. The molecule has 0 unspecified atom stereocenters. The second-order valence-corrected chi connectivity index (χ2v) is 12.1. The highest BCUT2D eigenvalue weighted by atomic mass is 35.5. The minimum atomic E-state index is -0.989. The van der Waals surface area contributed by atoms with E-state index in [1.807, 2.05) is 6.07 Å². The fourth-order valence-electron chi connectivity index (χ4n) is 5.44. The summed E-state index contributed by atoms with van der Waals surface area (Å²) in [6.07, 6.45) is 4.81. The number of hydrogen-bond donors (Lipinski definition) is 1. The molecule has 1 saturated heterocycles. The van der Waals surface area contributed by atoms with Crippen LogP contribution in [0.3, 0.4) is 0 Å². The highest BCUT2D eigenvalue weighted by molar-refractivity contribution is 7.22. The number of halogens is 2. The average molecular weight is 603 g/mol. The number of carboxylic acid groups (broad SMARTS) is 1. The zero-order chi connectivity index (χ0) is 28.0. The lowest BCUT2D eigenvalue weighted by Crippen LogP contribution is -2.44. The van der Waals surface area contributed by atoms with E-state index in [1.54, 1.807) is 18.2 Å². The Morgan fingerprint density at radius 1 is 1.23 bits per heavy atom. The number of carbonyl (C=O) groups is 1. The lowest BCUT2D eigenvalue weighted by atomic mass is 9.97. The summed E-state index contributed by atoms with van der Waals surface area (Å²) >= 11 is 14.5. The number of fused-ring (bicyclic) bond motifs is 1. The van der Waals surface area contributed by atoms with Gasteiger partial charge in [0.2, 0.25) is 0 Å².